The number of hydrogen-bond acceptors (Lipinski definition) is 4. The van der Waals surface area contributed by atoms with E-state index in [2.05, 4.69) is 5.32 Å². The van der Waals surface area contributed by atoms with Gasteiger partial charge in [-0.2, -0.15) is 0 Å². The van der Waals surface area contributed by atoms with Crippen molar-refractivity contribution in [3.05, 3.63) is 35.4 Å². The van der Waals surface area contributed by atoms with E-state index in [-0.39, 0.29) is 24.2 Å². The third-order valence-corrected chi connectivity index (χ3v) is 5.31. The monoisotopic (exact) mass is 374 g/mol. The Morgan fingerprint density at radius 1 is 1.33 bits per heavy atom. The predicted octanol–water partition coefficient (Wildman–Crippen LogP) is 1.34. The van der Waals surface area contributed by atoms with E-state index in [1.54, 1.807) is 4.90 Å². The van der Waals surface area contributed by atoms with Crippen molar-refractivity contribution >= 4 is 17.8 Å². The molecule has 2 N–H and O–H groups in total. The van der Waals surface area contributed by atoms with E-state index < -0.39 is 17.9 Å². The highest BCUT2D eigenvalue weighted by Gasteiger charge is 2.38. The summed E-state index contributed by atoms with van der Waals surface area (Å²) in [6.45, 7) is 3.73. The molecule has 0 bridgehead atoms. The van der Waals surface area contributed by atoms with E-state index in [1.807, 2.05) is 31.2 Å². The molecule has 1 aromatic carbocycles. The van der Waals surface area contributed by atoms with Gasteiger partial charge in [0.2, 0.25) is 11.8 Å². The third kappa shape index (κ3) is 4.86. The molecule has 2 aliphatic heterocycles. The molecule has 0 aliphatic carbocycles. The van der Waals surface area contributed by atoms with Crippen molar-refractivity contribution in [2.45, 2.75) is 38.8 Å². The molecule has 3 atom stereocenters. The molecule has 0 radical (unpaired) electrons. The normalized spacial score (nSPS) is 23.9. The number of likely N-dealkylation sites (tertiary alicyclic amines) is 1. The second kappa shape index (κ2) is 8.52. The molecule has 0 aromatic heterocycles. The number of nitrogens with one attached hydrogen (secondary N) is 1. The Morgan fingerprint density at radius 3 is 2.70 bits per heavy atom. The van der Waals surface area contributed by atoms with Crippen LogP contribution in [0.15, 0.2) is 24.3 Å². The first-order chi connectivity index (χ1) is 12.9. The number of carboxylic acids is 1. The smallest absolute Gasteiger partial charge is 0.326 e. The zero-order valence-electron chi connectivity index (χ0n) is 15.5. The maximum absolute atomic E-state index is 12.6. The van der Waals surface area contributed by atoms with E-state index in [0.29, 0.717) is 32.7 Å². The number of carbonyl (C=O) groups is 3. The number of rotatable bonds is 6. The average Bonchev–Trinajstić information content (AvgIpc) is 3.02. The van der Waals surface area contributed by atoms with Gasteiger partial charge in [0, 0.05) is 32.0 Å². The van der Waals surface area contributed by atoms with Gasteiger partial charge in [-0.15, -0.1) is 0 Å². The van der Waals surface area contributed by atoms with Crippen molar-refractivity contribution < 1.29 is 24.2 Å². The van der Waals surface area contributed by atoms with Gasteiger partial charge >= 0.3 is 5.97 Å². The molecule has 3 rings (SSSR count). The molecule has 0 spiro atoms. The van der Waals surface area contributed by atoms with Crippen LogP contribution in [0.4, 0.5) is 0 Å². The van der Waals surface area contributed by atoms with E-state index >= 15 is 0 Å². The van der Waals surface area contributed by atoms with Crippen LogP contribution in [0, 0.1) is 18.8 Å². The van der Waals surface area contributed by atoms with Gasteiger partial charge in [0.25, 0.3) is 0 Å². The first kappa shape index (κ1) is 19.4. The highest BCUT2D eigenvalue weighted by atomic mass is 16.5. The maximum atomic E-state index is 12.6. The minimum atomic E-state index is -1.06. The van der Waals surface area contributed by atoms with Crippen LogP contribution in [0.2, 0.25) is 0 Å². The third-order valence-electron chi connectivity index (χ3n) is 5.31. The first-order valence-electron chi connectivity index (χ1n) is 9.38. The van der Waals surface area contributed by atoms with Crippen molar-refractivity contribution in [3.8, 4) is 0 Å². The number of hydrogen-bond donors (Lipinski definition) is 2. The van der Waals surface area contributed by atoms with Crippen LogP contribution in [-0.4, -0.2) is 53.6 Å². The molecule has 2 saturated heterocycles. The summed E-state index contributed by atoms with van der Waals surface area (Å²) >= 11 is 0. The highest BCUT2D eigenvalue weighted by molar-refractivity contribution is 5.91. The maximum Gasteiger partial charge on any atom is 0.326 e. The first-order valence-corrected chi connectivity index (χ1v) is 9.38. The summed E-state index contributed by atoms with van der Waals surface area (Å²) in [6, 6.07) is 6.95. The predicted molar refractivity (Wildman–Crippen MR) is 97.8 cm³/mol. The number of carboxylic acid groups (broad SMARTS) is 1. The van der Waals surface area contributed by atoms with E-state index in [0.717, 1.165) is 17.5 Å². The molecule has 7 nitrogen and oxygen atoms in total. The lowest BCUT2D eigenvalue weighted by atomic mass is 9.93. The Kier molecular flexibility index (Phi) is 6.11. The minimum Gasteiger partial charge on any atom is -0.480 e. The molecule has 1 aromatic rings. The van der Waals surface area contributed by atoms with E-state index in [4.69, 9.17) is 4.74 Å². The van der Waals surface area contributed by atoms with Crippen LogP contribution in [0.3, 0.4) is 0 Å². The molecule has 2 amide bonds. The number of aliphatic carboxylic acids is 1. The van der Waals surface area contributed by atoms with Gasteiger partial charge in [0.1, 0.15) is 6.04 Å². The highest BCUT2D eigenvalue weighted by Crippen LogP contribution is 2.23. The largest absolute Gasteiger partial charge is 0.480 e. The summed E-state index contributed by atoms with van der Waals surface area (Å²) in [7, 11) is 0. The van der Waals surface area contributed by atoms with Crippen LogP contribution in [0.25, 0.3) is 0 Å². The molecule has 3 unspecified atom stereocenters. The van der Waals surface area contributed by atoms with Crippen molar-refractivity contribution in [1.29, 1.82) is 0 Å². The molecule has 0 saturated carbocycles. The molecule has 2 fully saturated rings. The summed E-state index contributed by atoms with van der Waals surface area (Å²) < 4.78 is 5.35. The Morgan fingerprint density at radius 2 is 2.07 bits per heavy atom. The Hall–Kier alpha value is -2.41. The average molecular weight is 374 g/mol. The van der Waals surface area contributed by atoms with Crippen molar-refractivity contribution in [2.75, 3.05) is 19.8 Å². The fourth-order valence-electron chi connectivity index (χ4n) is 3.70. The zero-order chi connectivity index (χ0) is 19.4. The van der Waals surface area contributed by atoms with Gasteiger partial charge in [0.05, 0.1) is 12.5 Å². The number of nitrogens with zero attached hydrogens (tertiary/aromatic N) is 1. The molecule has 27 heavy (non-hydrogen) atoms. The van der Waals surface area contributed by atoms with Gasteiger partial charge in [0.15, 0.2) is 0 Å². The minimum absolute atomic E-state index is 0.0800. The lowest BCUT2D eigenvalue weighted by Crippen LogP contribution is -2.50. The van der Waals surface area contributed by atoms with Crippen molar-refractivity contribution in [1.82, 2.24) is 10.2 Å². The summed E-state index contributed by atoms with van der Waals surface area (Å²) in [5.41, 5.74) is 2.16. The van der Waals surface area contributed by atoms with Crippen molar-refractivity contribution in [3.63, 3.8) is 0 Å². The molecule has 2 aliphatic rings. The Bertz CT molecular complexity index is 697. The Labute approximate surface area is 158 Å². The number of carbonyl (C=O) groups excluding carboxylic acids is 2. The standard InChI is InChI=1S/C20H26N2O5/c1-13-4-6-14(7-5-13)10-22-11-16(9-17(22)23)19(24)21-18(20(25)26)15-3-2-8-27-12-15/h4-7,15-16,18H,2-3,8-12H2,1H3,(H,21,24)(H,25,26). The van der Waals surface area contributed by atoms with Gasteiger partial charge in [-0.3, -0.25) is 9.59 Å². The molecule has 146 valence electrons. The lowest BCUT2D eigenvalue weighted by Gasteiger charge is -2.28. The SMILES string of the molecule is Cc1ccc(CN2CC(C(=O)NC(C(=O)O)C3CCCOC3)CC2=O)cc1. The number of amides is 2. The van der Waals surface area contributed by atoms with Gasteiger partial charge in [-0.05, 0) is 25.3 Å². The second-order valence-corrected chi connectivity index (χ2v) is 7.46. The quantitative estimate of drug-likeness (QED) is 0.783. The topological polar surface area (TPSA) is 95.9 Å². The molecular formula is C20H26N2O5. The molecule has 7 heteroatoms. The van der Waals surface area contributed by atoms with Crippen molar-refractivity contribution in [2.24, 2.45) is 11.8 Å². The second-order valence-electron chi connectivity index (χ2n) is 7.46. The lowest BCUT2D eigenvalue weighted by molar-refractivity contribution is -0.145. The van der Waals surface area contributed by atoms with Gasteiger partial charge in [-0.1, -0.05) is 29.8 Å². The van der Waals surface area contributed by atoms with E-state index in [1.165, 1.54) is 0 Å². The van der Waals surface area contributed by atoms with Crippen LogP contribution < -0.4 is 5.32 Å². The van der Waals surface area contributed by atoms with E-state index in [9.17, 15) is 19.5 Å². The van der Waals surface area contributed by atoms with Crippen LogP contribution in [-0.2, 0) is 25.7 Å². The van der Waals surface area contributed by atoms with Gasteiger partial charge < -0.3 is 20.1 Å². The summed E-state index contributed by atoms with van der Waals surface area (Å²) in [6.07, 6.45) is 1.61. The summed E-state index contributed by atoms with van der Waals surface area (Å²) in [5.74, 6) is -2.26. The zero-order valence-corrected chi connectivity index (χ0v) is 15.5. The number of benzene rings is 1. The Balaban J connectivity index is 1.58. The molecular weight excluding hydrogens is 348 g/mol. The molecule has 2 heterocycles. The number of ether oxygens (including phenoxy) is 1. The fraction of sp³-hybridized carbons (Fsp3) is 0.550. The number of aryl methyl sites for hydroxylation is 1. The van der Waals surface area contributed by atoms with Crippen LogP contribution >= 0.6 is 0 Å². The van der Waals surface area contributed by atoms with Crippen LogP contribution in [0.1, 0.15) is 30.4 Å². The summed E-state index contributed by atoms with van der Waals surface area (Å²) in [4.78, 5) is 38.1. The van der Waals surface area contributed by atoms with Crippen LogP contribution in [0.5, 0.6) is 0 Å². The van der Waals surface area contributed by atoms with Gasteiger partial charge in [-0.25, -0.2) is 4.79 Å². The summed E-state index contributed by atoms with van der Waals surface area (Å²) in [5, 5.41) is 12.1. The fourth-order valence-corrected chi connectivity index (χ4v) is 3.70.